The van der Waals surface area contributed by atoms with Gasteiger partial charge in [0.15, 0.2) is 0 Å². The average molecular weight is 143 g/mol. The molecule has 2 aliphatic heterocycles. The molecule has 8 heavy (non-hydrogen) atoms. The fraction of sp³-hybridized carbons (Fsp3) is 0. The Labute approximate surface area is 56.9 Å². The van der Waals surface area contributed by atoms with Crippen LogP contribution in [0.3, 0.4) is 0 Å². The number of hydrogen-bond acceptors (Lipinski definition) is 1. The van der Waals surface area contributed by atoms with Crippen LogP contribution in [0.2, 0.25) is 5.02 Å². The zero-order chi connectivity index (χ0) is 5.56. The monoisotopic (exact) mass is 142 g/mol. The van der Waals surface area contributed by atoms with E-state index >= 15 is 0 Å². The Morgan fingerprint density at radius 3 is 2.12 bits per heavy atom. The molecule has 0 spiro atoms. The van der Waals surface area contributed by atoms with Gasteiger partial charge in [-0.3, -0.25) is 0 Å². The van der Waals surface area contributed by atoms with Crippen LogP contribution in [0.25, 0.3) is 0 Å². The summed E-state index contributed by atoms with van der Waals surface area (Å²) < 4.78 is 0. The average Bonchev–Trinajstić information content (AvgIpc) is 1.89. The van der Waals surface area contributed by atoms with E-state index in [-0.39, 0.29) is 0 Å². The molecular weight excluding hydrogens is 140 g/mol. The van der Waals surface area contributed by atoms with Crippen LogP contribution in [0.5, 0.6) is 0 Å². The molecule has 2 bridgehead atoms. The lowest BCUT2D eigenvalue weighted by atomic mass is 10.3. The van der Waals surface area contributed by atoms with Crippen LogP contribution in [0.1, 0.15) is 0 Å². The van der Waals surface area contributed by atoms with Gasteiger partial charge < -0.3 is 0 Å². The lowest BCUT2D eigenvalue weighted by Crippen LogP contribution is -1.87. The van der Waals surface area contributed by atoms with Crippen molar-refractivity contribution < 1.29 is 0 Å². The van der Waals surface area contributed by atoms with Crippen LogP contribution in [-0.4, -0.2) is 0 Å². The molecule has 0 fully saturated rings. The Hall–Kier alpha value is -0.140. The molecule has 0 unspecified atom stereocenters. The topological polar surface area (TPSA) is 0 Å². The largest absolute Gasteiger partial charge is 0.0869 e. The molecule has 0 nitrogen and oxygen atoms in total. The predicted octanol–water partition coefficient (Wildman–Crippen LogP) is 2.80. The van der Waals surface area contributed by atoms with Gasteiger partial charge in [-0.1, -0.05) is 29.4 Å². The summed E-state index contributed by atoms with van der Waals surface area (Å²) in [5.41, 5.74) is 0. The van der Waals surface area contributed by atoms with Crippen molar-refractivity contribution in [1.29, 1.82) is 0 Å². The summed E-state index contributed by atoms with van der Waals surface area (Å²) >= 11 is 7.50. The van der Waals surface area contributed by atoms with Crippen molar-refractivity contribution >= 4 is 23.4 Å². The minimum atomic E-state index is 0.942. The second kappa shape index (κ2) is 1.42. The first-order valence-corrected chi connectivity index (χ1v) is 3.54. The van der Waals surface area contributed by atoms with Crippen LogP contribution in [0.4, 0.5) is 0 Å². The van der Waals surface area contributed by atoms with E-state index in [0.29, 0.717) is 0 Å². The van der Waals surface area contributed by atoms with Crippen LogP contribution < -0.4 is 0 Å². The normalized spacial score (nSPS) is 13.1. The summed E-state index contributed by atoms with van der Waals surface area (Å²) in [6.07, 6.45) is 0. The molecule has 0 radical (unpaired) electrons. The molecule has 0 N–H and O–H groups in total. The minimum absolute atomic E-state index is 0.942. The molecule has 0 aromatic heterocycles. The first-order chi connectivity index (χ1) is 3.88. The molecule has 1 aromatic carbocycles. The standard InChI is InChI=1S/C6H3ClS/c7-6-4-2-1-3-5(6)8-4/h1-3H. The molecule has 2 heterocycles. The molecule has 0 amide bonds. The molecule has 0 saturated carbocycles. The summed E-state index contributed by atoms with van der Waals surface area (Å²) in [4.78, 5) is 2.42. The molecule has 0 saturated heterocycles. The van der Waals surface area contributed by atoms with Gasteiger partial charge in [0.25, 0.3) is 0 Å². The molecular formula is C6H3ClS. The second-order valence-corrected chi connectivity index (χ2v) is 3.13. The third kappa shape index (κ3) is 0.434. The number of halogens is 1. The maximum absolute atomic E-state index is 5.76. The Morgan fingerprint density at radius 2 is 1.88 bits per heavy atom. The van der Waals surface area contributed by atoms with E-state index in [1.807, 2.05) is 18.2 Å². The van der Waals surface area contributed by atoms with Crippen molar-refractivity contribution in [3.05, 3.63) is 23.2 Å². The number of benzene rings is 1. The summed E-state index contributed by atoms with van der Waals surface area (Å²) in [7, 11) is 0. The van der Waals surface area contributed by atoms with Crippen LogP contribution in [0, 0.1) is 0 Å². The minimum Gasteiger partial charge on any atom is -0.0869 e. The molecule has 2 heteroatoms. The smallest absolute Gasteiger partial charge is 0.0684 e. The second-order valence-electron chi connectivity index (χ2n) is 1.67. The van der Waals surface area contributed by atoms with Crippen LogP contribution in [0.15, 0.2) is 28.0 Å². The van der Waals surface area contributed by atoms with Gasteiger partial charge in [0.05, 0.1) is 5.02 Å². The van der Waals surface area contributed by atoms with Gasteiger partial charge in [0.2, 0.25) is 0 Å². The number of fused-ring (bicyclic) bond motifs is 2. The summed E-state index contributed by atoms with van der Waals surface area (Å²) in [6.45, 7) is 0. The Morgan fingerprint density at radius 1 is 1.25 bits per heavy atom. The SMILES string of the molecule is Clc1c2cccc1S2. The Bertz CT molecular complexity index is 212. The third-order valence-corrected chi connectivity index (χ3v) is 2.90. The first kappa shape index (κ1) is 4.71. The Balaban J connectivity index is 2.75. The molecule has 0 aliphatic carbocycles. The highest BCUT2D eigenvalue weighted by molar-refractivity contribution is 8.00. The van der Waals surface area contributed by atoms with Crippen LogP contribution in [-0.2, 0) is 0 Å². The van der Waals surface area contributed by atoms with Gasteiger partial charge in [-0.25, -0.2) is 0 Å². The van der Waals surface area contributed by atoms with Gasteiger partial charge in [-0.2, -0.15) is 0 Å². The number of hydrogen-bond donors (Lipinski definition) is 0. The van der Waals surface area contributed by atoms with Crippen LogP contribution >= 0.6 is 23.4 Å². The van der Waals surface area contributed by atoms with Crippen molar-refractivity contribution in [2.75, 3.05) is 0 Å². The van der Waals surface area contributed by atoms with Gasteiger partial charge in [-0.15, -0.1) is 0 Å². The fourth-order valence-corrected chi connectivity index (χ4v) is 1.85. The maximum Gasteiger partial charge on any atom is 0.0684 e. The van der Waals surface area contributed by atoms with Crippen molar-refractivity contribution in [1.82, 2.24) is 0 Å². The van der Waals surface area contributed by atoms with Crippen molar-refractivity contribution in [3.63, 3.8) is 0 Å². The summed E-state index contributed by atoms with van der Waals surface area (Å²) in [6, 6.07) is 6.08. The van der Waals surface area contributed by atoms with E-state index in [1.54, 1.807) is 11.8 Å². The lowest BCUT2D eigenvalue weighted by molar-refractivity contribution is 1.26. The van der Waals surface area contributed by atoms with Gasteiger partial charge in [0.1, 0.15) is 0 Å². The first-order valence-electron chi connectivity index (χ1n) is 2.34. The van der Waals surface area contributed by atoms with Crippen molar-refractivity contribution in [2.24, 2.45) is 0 Å². The highest BCUT2D eigenvalue weighted by Crippen LogP contribution is 2.47. The van der Waals surface area contributed by atoms with E-state index in [4.69, 9.17) is 11.6 Å². The van der Waals surface area contributed by atoms with E-state index in [0.717, 1.165) is 5.02 Å². The maximum atomic E-state index is 5.76. The lowest BCUT2D eigenvalue weighted by Gasteiger charge is -2.15. The summed E-state index contributed by atoms with van der Waals surface area (Å²) in [5.74, 6) is 0. The zero-order valence-corrected chi connectivity index (χ0v) is 5.59. The highest BCUT2D eigenvalue weighted by Gasteiger charge is 2.16. The molecule has 0 atom stereocenters. The highest BCUT2D eigenvalue weighted by atomic mass is 35.5. The van der Waals surface area contributed by atoms with E-state index in [9.17, 15) is 0 Å². The Kier molecular flexibility index (Phi) is 0.839. The molecule has 40 valence electrons. The number of rotatable bonds is 0. The fourth-order valence-electron chi connectivity index (χ4n) is 0.720. The summed E-state index contributed by atoms with van der Waals surface area (Å²) in [5, 5.41) is 0.942. The predicted molar refractivity (Wildman–Crippen MR) is 35.6 cm³/mol. The zero-order valence-electron chi connectivity index (χ0n) is 4.02. The van der Waals surface area contributed by atoms with Gasteiger partial charge in [0, 0.05) is 9.79 Å². The van der Waals surface area contributed by atoms with E-state index < -0.39 is 0 Å². The van der Waals surface area contributed by atoms with E-state index in [1.165, 1.54) is 9.79 Å². The quantitative estimate of drug-likeness (QED) is 0.545. The van der Waals surface area contributed by atoms with E-state index in [2.05, 4.69) is 0 Å². The van der Waals surface area contributed by atoms with Crippen molar-refractivity contribution in [3.8, 4) is 0 Å². The van der Waals surface area contributed by atoms with Crippen molar-refractivity contribution in [2.45, 2.75) is 9.79 Å². The molecule has 1 aromatic rings. The molecule has 2 aliphatic rings. The molecule has 3 rings (SSSR count). The van der Waals surface area contributed by atoms with Gasteiger partial charge in [-0.05, 0) is 12.1 Å². The van der Waals surface area contributed by atoms with Gasteiger partial charge >= 0.3 is 0 Å². The third-order valence-electron chi connectivity index (χ3n) is 1.15.